The largest absolute Gasteiger partial charge is 0.360 e. The minimum atomic E-state index is -4.34. The Morgan fingerprint density at radius 3 is 2.56 bits per heavy atom. The van der Waals surface area contributed by atoms with Crippen LogP contribution in [0, 0.1) is 18.3 Å². The number of amides is 1. The lowest BCUT2D eigenvalue weighted by molar-refractivity contribution is -0.112. The predicted octanol–water partition coefficient (Wildman–Crippen LogP) is 2.70. The van der Waals surface area contributed by atoms with Gasteiger partial charge in [0.2, 0.25) is 0 Å². The second-order valence-corrected chi connectivity index (χ2v) is 6.51. The molecule has 25 heavy (non-hydrogen) atoms. The van der Waals surface area contributed by atoms with Crippen LogP contribution in [0.1, 0.15) is 5.56 Å². The normalized spacial score (nSPS) is 11.5. The molecule has 2 aromatic rings. The number of nitrogens with one attached hydrogen (secondary N) is 2. The minimum Gasteiger partial charge on any atom is -0.360 e. The number of hydrogen-bond acceptors (Lipinski definition) is 5. The Balaban J connectivity index is 2.17. The summed E-state index contributed by atoms with van der Waals surface area (Å²) in [5.74, 6) is -0.602. The highest BCUT2D eigenvalue weighted by Crippen LogP contribution is 2.16. The van der Waals surface area contributed by atoms with Crippen molar-refractivity contribution in [3.63, 3.8) is 0 Å². The van der Waals surface area contributed by atoms with Gasteiger partial charge in [0.15, 0.2) is 0 Å². The number of anilines is 2. The van der Waals surface area contributed by atoms with Gasteiger partial charge in [0, 0.05) is 17.6 Å². The van der Waals surface area contributed by atoms with Gasteiger partial charge in [-0.15, -0.1) is 0 Å². The lowest BCUT2D eigenvalue weighted by Crippen LogP contribution is -2.15. The zero-order valence-electron chi connectivity index (χ0n) is 13.2. The van der Waals surface area contributed by atoms with Crippen molar-refractivity contribution < 1.29 is 17.8 Å². The highest BCUT2D eigenvalue weighted by molar-refractivity contribution is 7.85. The van der Waals surface area contributed by atoms with E-state index >= 15 is 0 Å². The van der Waals surface area contributed by atoms with Crippen molar-refractivity contribution >= 4 is 27.4 Å². The molecule has 0 aliphatic carbocycles. The van der Waals surface area contributed by atoms with Crippen molar-refractivity contribution in [2.24, 2.45) is 0 Å². The molecule has 2 aromatic carbocycles. The first-order valence-electron chi connectivity index (χ1n) is 7.12. The fraction of sp³-hybridized carbons (Fsp3) is 0.0588. The smallest absolute Gasteiger partial charge is 0.294 e. The third kappa shape index (κ3) is 4.91. The van der Waals surface area contributed by atoms with Crippen LogP contribution in [0.5, 0.6) is 0 Å². The van der Waals surface area contributed by atoms with Gasteiger partial charge in [0.25, 0.3) is 16.0 Å². The monoisotopic (exact) mass is 357 g/mol. The zero-order valence-corrected chi connectivity index (χ0v) is 14.0. The first-order chi connectivity index (χ1) is 11.8. The van der Waals surface area contributed by atoms with E-state index in [0.29, 0.717) is 11.4 Å². The summed E-state index contributed by atoms with van der Waals surface area (Å²) in [5, 5.41) is 14.4. The number of hydrogen-bond donors (Lipinski definition) is 3. The molecule has 3 N–H and O–H groups in total. The predicted molar refractivity (Wildman–Crippen MR) is 93.4 cm³/mol. The van der Waals surface area contributed by atoms with Crippen LogP contribution in [0.4, 0.5) is 11.4 Å². The van der Waals surface area contributed by atoms with Gasteiger partial charge in [0.1, 0.15) is 11.6 Å². The van der Waals surface area contributed by atoms with Crippen molar-refractivity contribution in [1.29, 1.82) is 5.26 Å². The molecule has 0 atom stereocenters. The molecule has 0 saturated heterocycles. The maximum absolute atomic E-state index is 12.2. The molecule has 8 heteroatoms. The average Bonchev–Trinajstić information content (AvgIpc) is 2.57. The number of benzene rings is 2. The summed E-state index contributed by atoms with van der Waals surface area (Å²) in [7, 11) is -4.34. The summed E-state index contributed by atoms with van der Waals surface area (Å²) in [4.78, 5) is 11.9. The average molecular weight is 357 g/mol. The van der Waals surface area contributed by atoms with E-state index in [1.165, 1.54) is 24.3 Å². The molecule has 0 unspecified atom stereocenters. The van der Waals surface area contributed by atoms with Crippen LogP contribution in [0.15, 0.2) is 65.2 Å². The Labute approximate surface area is 145 Å². The van der Waals surface area contributed by atoms with E-state index in [0.717, 1.165) is 11.8 Å². The van der Waals surface area contributed by atoms with E-state index in [1.54, 1.807) is 18.2 Å². The number of rotatable bonds is 5. The van der Waals surface area contributed by atoms with Gasteiger partial charge < -0.3 is 10.6 Å². The van der Waals surface area contributed by atoms with Crippen LogP contribution in [0.3, 0.4) is 0 Å². The number of carbonyl (C=O) groups is 1. The Bertz CT molecular complexity index is 975. The first-order valence-corrected chi connectivity index (χ1v) is 8.56. The molecule has 0 saturated carbocycles. The van der Waals surface area contributed by atoms with Gasteiger partial charge in [-0.2, -0.15) is 13.7 Å². The number of para-hydroxylation sites is 1. The molecule has 7 nitrogen and oxygen atoms in total. The van der Waals surface area contributed by atoms with E-state index in [-0.39, 0.29) is 10.5 Å². The molecule has 0 aliphatic rings. The molecule has 0 fully saturated rings. The van der Waals surface area contributed by atoms with E-state index in [4.69, 9.17) is 9.81 Å². The molecule has 0 radical (unpaired) electrons. The fourth-order valence-electron chi connectivity index (χ4n) is 1.95. The van der Waals surface area contributed by atoms with Gasteiger partial charge in [0.05, 0.1) is 4.90 Å². The Hall–Kier alpha value is -3.15. The third-order valence-corrected chi connectivity index (χ3v) is 4.12. The van der Waals surface area contributed by atoms with Crippen LogP contribution in [-0.4, -0.2) is 18.9 Å². The lowest BCUT2D eigenvalue weighted by atomic mass is 10.2. The molecular formula is C17H15N3O4S. The molecule has 0 aromatic heterocycles. The summed E-state index contributed by atoms with van der Waals surface area (Å²) < 4.78 is 31.3. The Morgan fingerprint density at radius 1 is 1.20 bits per heavy atom. The zero-order chi connectivity index (χ0) is 18.4. The van der Waals surface area contributed by atoms with Crippen LogP contribution in [0.2, 0.25) is 0 Å². The lowest BCUT2D eigenvalue weighted by Gasteiger charge is -2.08. The number of nitriles is 1. The Kier molecular flexibility index (Phi) is 5.54. The van der Waals surface area contributed by atoms with Gasteiger partial charge in [-0.3, -0.25) is 9.35 Å². The SMILES string of the molecule is Cc1ccccc1NC(=O)/C(C#N)=C\Nc1cccc(S(=O)(=O)O)c1. The summed E-state index contributed by atoms with van der Waals surface area (Å²) in [6.07, 6.45) is 1.16. The van der Waals surface area contributed by atoms with Crippen molar-refractivity contribution in [3.05, 3.63) is 65.9 Å². The molecule has 0 bridgehead atoms. The van der Waals surface area contributed by atoms with Crippen LogP contribution < -0.4 is 10.6 Å². The standard InChI is InChI=1S/C17H15N3O4S/c1-12-5-2-3-8-16(12)20-17(21)13(10-18)11-19-14-6-4-7-15(9-14)25(22,23)24/h2-9,11,19H,1H3,(H,20,21)(H,22,23,24)/b13-11-. The van der Waals surface area contributed by atoms with E-state index in [2.05, 4.69) is 10.6 Å². The maximum atomic E-state index is 12.2. The number of aryl methyl sites for hydroxylation is 1. The van der Waals surface area contributed by atoms with Gasteiger partial charge in [-0.05, 0) is 36.8 Å². The molecule has 1 amide bonds. The van der Waals surface area contributed by atoms with Crippen LogP contribution >= 0.6 is 0 Å². The molecule has 0 heterocycles. The second-order valence-electron chi connectivity index (χ2n) is 5.09. The van der Waals surface area contributed by atoms with Crippen molar-refractivity contribution in [2.75, 3.05) is 10.6 Å². The Morgan fingerprint density at radius 2 is 1.92 bits per heavy atom. The number of nitrogens with zero attached hydrogens (tertiary/aromatic N) is 1. The quantitative estimate of drug-likeness (QED) is 0.430. The molecule has 128 valence electrons. The van der Waals surface area contributed by atoms with E-state index in [9.17, 15) is 13.2 Å². The van der Waals surface area contributed by atoms with Crippen LogP contribution in [0.25, 0.3) is 0 Å². The van der Waals surface area contributed by atoms with Gasteiger partial charge >= 0.3 is 0 Å². The van der Waals surface area contributed by atoms with Crippen molar-refractivity contribution in [2.45, 2.75) is 11.8 Å². The van der Waals surface area contributed by atoms with Gasteiger partial charge in [-0.25, -0.2) is 0 Å². The number of carbonyl (C=O) groups excluding carboxylic acids is 1. The first kappa shape index (κ1) is 18.2. The molecule has 0 spiro atoms. The maximum Gasteiger partial charge on any atom is 0.294 e. The fourth-order valence-corrected chi connectivity index (χ4v) is 2.48. The summed E-state index contributed by atoms with van der Waals surface area (Å²) in [6.45, 7) is 1.82. The topological polar surface area (TPSA) is 119 Å². The van der Waals surface area contributed by atoms with Crippen LogP contribution in [-0.2, 0) is 14.9 Å². The minimum absolute atomic E-state index is 0.194. The summed E-state index contributed by atoms with van der Waals surface area (Å²) in [6, 6.07) is 14.2. The molecule has 0 aliphatic heterocycles. The second kappa shape index (κ2) is 7.61. The summed E-state index contributed by atoms with van der Waals surface area (Å²) in [5.41, 5.74) is 1.54. The van der Waals surface area contributed by atoms with Gasteiger partial charge in [-0.1, -0.05) is 24.3 Å². The summed E-state index contributed by atoms with van der Waals surface area (Å²) >= 11 is 0. The van der Waals surface area contributed by atoms with Crippen molar-refractivity contribution in [1.82, 2.24) is 0 Å². The highest BCUT2D eigenvalue weighted by atomic mass is 32.2. The van der Waals surface area contributed by atoms with E-state index < -0.39 is 16.0 Å². The third-order valence-electron chi connectivity index (χ3n) is 3.27. The van der Waals surface area contributed by atoms with E-state index in [1.807, 2.05) is 19.1 Å². The molecular weight excluding hydrogens is 342 g/mol. The van der Waals surface area contributed by atoms with Crippen molar-refractivity contribution in [3.8, 4) is 6.07 Å². The highest BCUT2D eigenvalue weighted by Gasteiger charge is 2.12. The molecule has 2 rings (SSSR count).